The van der Waals surface area contributed by atoms with Crippen LogP contribution in [-0.2, 0) is 4.74 Å². The minimum Gasteiger partial charge on any atom is -0.375 e. The molecule has 0 saturated carbocycles. The highest BCUT2D eigenvalue weighted by atomic mass is 16.5. The van der Waals surface area contributed by atoms with Crippen molar-refractivity contribution in [2.24, 2.45) is 0 Å². The maximum absolute atomic E-state index is 5.70. The first-order valence-electron chi connectivity index (χ1n) is 4.76. The highest BCUT2D eigenvalue weighted by molar-refractivity contribution is 4.84. The van der Waals surface area contributed by atoms with Crippen LogP contribution in [-0.4, -0.2) is 36.7 Å². The number of fused-ring (bicyclic) bond motifs is 1. The lowest BCUT2D eigenvalue weighted by Crippen LogP contribution is -2.45. The summed E-state index contributed by atoms with van der Waals surface area (Å²) in [5.41, 5.74) is 0. The highest BCUT2D eigenvalue weighted by Crippen LogP contribution is 2.23. The monoisotopic (exact) mass is 155 g/mol. The van der Waals surface area contributed by atoms with Gasteiger partial charge in [-0.2, -0.15) is 0 Å². The lowest BCUT2D eigenvalue weighted by atomic mass is 10.1. The van der Waals surface area contributed by atoms with E-state index >= 15 is 0 Å². The second kappa shape index (κ2) is 3.11. The van der Waals surface area contributed by atoms with Crippen molar-refractivity contribution in [2.45, 2.75) is 38.3 Å². The van der Waals surface area contributed by atoms with Crippen molar-refractivity contribution in [2.75, 3.05) is 19.7 Å². The molecule has 64 valence electrons. The van der Waals surface area contributed by atoms with Crippen LogP contribution in [0.5, 0.6) is 0 Å². The summed E-state index contributed by atoms with van der Waals surface area (Å²) in [4.78, 5) is 2.59. The molecule has 2 aliphatic rings. The fourth-order valence-electron chi connectivity index (χ4n) is 2.13. The molecule has 0 amide bonds. The van der Waals surface area contributed by atoms with Crippen molar-refractivity contribution in [3.63, 3.8) is 0 Å². The topological polar surface area (TPSA) is 12.5 Å². The Balaban J connectivity index is 1.91. The molecule has 2 heterocycles. The van der Waals surface area contributed by atoms with E-state index in [0.29, 0.717) is 6.10 Å². The van der Waals surface area contributed by atoms with Crippen molar-refractivity contribution < 1.29 is 4.74 Å². The molecule has 0 radical (unpaired) electrons. The number of nitrogens with zero attached hydrogens (tertiary/aromatic N) is 1. The highest BCUT2D eigenvalue weighted by Gasteiger charge is 2.31. The molecule has 0 aliphatic carbocycles. The summed E-state index contributed by atoms with van der Waals surface area (Å²) in [7, 11) is 0. The van der Waals surface area contributed by atoms with E-state index in [1.54, 1.807) is 0 Å². The predicted octanol–water partition coefficient (Wildman–Crippen LogP) is 1.26. The van der Waals surface area contributed by atoms with Crippen LogP contribution in [0, 0.1) is 0 Å². The van der Waals surface area contributed by atoms with Gasteiger partial charge in [-0.15, -0.1) is 0 Å². The molecule has 2 fully saturated rings. The molecule has 0 spiro atoms. The molecule has 11 heavy (non-hydrogen) atoms. The minimum atomic E-state index is 0.518. The zero-order chi connectivity index (χ0) is 7.68. The van der Waals surface area contributed by atoms with Crippen molar-refractivity contribution in [3.8, 4) is 0 Å². The van der Waals surface area contributed by atoms with Crippen molar-refractivity contribution in [3.05, 3.63) is 0 Å². The molecule has 2 atom stereocenters. The molecule has 0 aromatic rings. The Hall–Kier alpha value is -0.0800. The summed E-state index contributed by atoms with van der Waals surface area (Å²) in [6, 6.07) is 0.762. The lowest BCUT2D eigenvalue weighted by Gasteiger charge is -2.34. The zero-order valence-electron chi connectivity index (χ0n) is 7.25. The first-order valence-corrected chi connectivity index (χ1v) is 4.76. The Bertz CT molecular complexity index is 138. The van der Waals surface area contributed by atoms with Gasteiger partial charge in [0.25, 0.3) is 0 Å². The van der Waals surface area contributed by atoms with Gasteiger partial charge in [-0.3, -0.25) is 4.90 Å². The van der Waals surface area contributed by atoms with Crippen LogP contribution >= 0.6 is 0 Å². The lowest BCUT2D eigenvalue weighted by molar-refractivity contribution is -0.0494. The molecule has 2 nitrogen and oxygen atoms in total. The average Bonchev–Trinajstić information content (AvgIpc) is 2.50. The van der Waals surface area contributed by atoms with E-state index < -0.39 is 0 Å². The van der Waals surface area contributed by atoms with Crippen molar-refractivity contribution >= 4 is 0 Å². The second-order valence-corrected chi connectivity index (χ2v) is 3.65. The number of ether oxygens (including phenoxy) is 1. The van der Waals surface area contributed by atoms with Crippen molar-refractivity contribution in [1.29, 1.82) is 0 Å². The summed E-state index contributed by atoms with van der Waals surface area (Å²) >= 11 is 0. The predicted molar refractivity (Wildman–Crippen MR) is 44.6 cm³/mol. The Labute approximate surface area is 68.5 Å². The van der Waals surface area contributed by atoms with Crippen LogP contribution in [0.1, 0.15) is 26.2 Å². The van der Waals surface area contributed by atoms with Crippen LogP contribution in [0.4, 0.5) is 0 Å². The fourth-order valence-corrected chi connectivity index (χ4v) is 2.13. The van der Waals surface area contributed by atoms with Gasteiger partial charge in [0, 0.05) is 12.6 Å². The van der Waals surface area contributed by atoms with Gasteiger partial charge in [0.2, 0.25) is 0 Å². The molecule has 2 heteroatoms. The average molecular weight is 155 g/mol. The Morgan fingerprint density at radius 1 is 1.55 bits per heavy atom. The van der Waals surface area contributed by atoms with E-state index in [2.05, 4.69) is 11.8 Å². The number of morpholine rings is 1. The Kier molecular flexibility index (Phi) is 2.14. The molecular weight excluding hydrogens is 138 g/mol. The fraction of sp³-hybridized carbons (Fsp3) is 1.00. The van der Waals surface area contributed by atoms with Crippen LogP contribution < -0.4 is 0 Å². The largest absolute Gasteiger partial charge is 0.375 e. The van der Waals surface area contributed by atoms with Crippen LogP contribution in [0.15, 0.2) is 0 Å². The molecule has 0 aromatic carbocycles. The van der Waals surface area contributed by atoms with Gasteiger partial charge in [-0.25, -0.2) is 0 Å². The van der Waals surface area contributed by atoms with Gasteiger partial charge < -0.3 is 4.74 Å². The van der Waals surface area contributed by atoms with Crippen LogP contribution in [0.3, 0.4) is 0 Å². The van der Waals surface area contributed by atoms with E-state index in [1.165, 1.54) is 32.4 Å². The summed E-state index contributed by atoms with van der Waals surface area (Å²) in [6.45, 7) is 5.69. The Morgan fingerprint density at radius 3 is 3.27 bits per heavy atom. The Morgan fingerprint density at radius 2 is 2.45 bits per heavy atom. The van der Waals surface area contributed by atoms with E-state index in [0.717, 1.165) is 12.6 Å². The third-order valence-corrected chi connectivity index (χ3v) is 2.92. The normalized spacial score (nSPS) is 39.0. The number of rotatable bonds is 1. The van der Waals surface area contributed by atoms with E-state index in [-0.39, 0.29) is 0 Å². The molecular formula is C9H17NO. The zero-order valence-corrected chi connectivity index (χ0v) is 7.25. The maximum atomic E-state index is 5.70. The minimum absolute atomic E-state index is 0.518. The second-order valence-electron chi connectivity index (χ2n) is 3.65. The summed E-state index contributed by atoms with van der Waals surface area (Å²) in [5, 5.41) is 0. The molecule has 0 N–H and O–H groups in total. The SMILES string of the molecule is CCC1CN2CCCC2CO1. The van der Waals surface area contributed by atoms with Gasteiger partial charge in [0.15, 0.2) is 0 Å². The maximum Gasteiger partial charge on any atom is 0.0700 e. The van der Waals surface area contributed by atoms with E-state index in [4.69, 9.17) is 4.74 Å². The summed E-state index contributed by atoms with van der Waals surface area (Å²) < 4.78 is 5.70. The molecule has 0 aromatic heterocycles. The van der Waals surface area contributed by atoms with Gasteiger partial charge >= 0.3 is 0 Å². The third kappa shape index (κ3) is 1.42. The molecule has 2 unspecified atom stereocenters. The first kappa shape index (κ1) is 7.56. The summed E-state index contributed by atoms with van der Waals surface area (Å²) in [5.74, 6) is 0. The summed E-state index contributed by atoms with van der Waals surface area (Å²) in [6.07, 6.45) is 4.42. The number of hydrogen-bond acceptors (Lipinski definition) is 2. The van der Waals surface area contributed by atoms with E-state index in [1.807, 2.05) is 0 Å². The van der Waals surface area contributed by atoms with Crippen LogP contribution in [0.2, 0.25) is 0 Å². The van der Waals surface area contributed by atoms with Crippen molar-refractivity contribution in [1.82, 2.24) is 4.90 Å². The van der Waals surface area contributed by atoms with Gasteiger partial charge in [0.05, 0.1) is 12.7 Å². The third-order valence-electron chi connectivity index (χ3n) is 2.92. The smallest absolute Gasteiger partial charge is 0.0700 e. The van der Waals surface area contributed by atoms with Gasteiger partial charge in [-0.05, 0) is 25.8 Å². The molecule has 0 bridgehead atoms. The standard InChI is InChI=1S/C9H17NO/c1-2-9-6-10-5-3-4-8(10)7-11-9/h8-9H,2-7H2,1H3. The molecule has 2 aliphatic heterocycles. The number of hydrogen-bond donors (Lipinski definition) is 0. The van der Waals surface area contributed by atoms with Gasteiger partial charge in [-0.1, -0.05) is 6.92 Å². The van der Waals surface area contributed by atoms with Crippen LogP contribution in [0.25, 0.3) is 0 Å². The van der Waals surface area contributed by atoms with E-state index in [9.17, 15) is 0 Å². The molecule has 2 saturated heterocycles. The quantitative estimate of drug-likeness (QED) is 0.565. The van der Waals surface area contributed by atoms with Gasteiger partial charge in [0.1, 0.15) is 0 Å². The molecule has 2 rings (SSSR count). The first-order chi connectivity index (χ1) is 5.40.